The highest BCUT2D eigenvalue weighted by molar-refractivity contribution is 5.94. The number of hydrogen-bond donors (Lipinski definition) is 1. The first kappa shape index (κ1) is 20.5. The molecular formula is C21H22N6O4. The Balaban J connectivity index is 1.37. The monoisotopic (exact) mass is 422 g/mol. The first-order chi connectivity index (χ1) is 15.1. The minimum atomic E-state index is -0.474. The summed E-state index contributed by atoms with van der Waals surface area (Å²) in [7, 11) is 1.30. The van der Waals surface area contributed by atoms with Gasteiger partial charge in [0, 0.05) is 30.0 Å². The van der Waals surface area contributed by atoms with Gasteiger partial charge in [-0.05, 0) is 47.7 Å². The Labute approximate surface area is 178 Å². The van der Waals surface area contributed by atoms with E-state index in [1.54, 1.807) is 24.3 Å². The van der Waals surface area contributed by atoms with Crippen molar-refractivity contribution >= 4 is 23.3 Å². The number of aromatic nitrogens is 4. The molecule has 1 N–H and O–H groups in total. The topological polar surface area (TPSA) is 111 Å². The maximum absolute atomic E-state index is 12.3. The van der Waals surface area contributed by atoms with Crippen molar-refractivity contribution in [3.8, 4) is 11.4 Å². The van der Waals surface area contributed by atoms with E-state index >= 15 is 0 Å². The highest BCUT2D eigenvalue weighted by Crippen LogP contribution is 2.21. The van der Waals surface area contributed by atoms with Crippen LogP contribution in [0.2, 0.25) is 0 Å². The average molecular weight is 422 g/mol. The number of nitrogens with one attached hydrogen (secondary N) is 1. The molecule has 1 aromatic heterocycles. The maximum Gasteiger partial charge on any atom is 0.337 e. The van der Waals surface area contributed by atoms with Crippen LogP contribution in [0.3, 0.4) is 0 Å². The van der Waals surface area contributed by atoms with Crippen LogP contribution in [0.4, 0.5) is 11.4 Å². The number of amides is 1. The van der Waals surface area contributed by atoms with E-state index in [0.717, 1.165) is 37.6 Å². The van der Waals surface area contributed by atoms with Crippen LogP contribution in [0.1, 0.15) is 10.4 Å². The van der Waals surface area contributed by atoms with Crippen LogP contribution < -0.4 is 10.2 Å². The van der Waals surface area contributed by atoms with Crippen LogP contribution in [0.25, 0.3) is 11.4 Å². The standard InChI is InChI=1S/C21H22N6O4/c1-30-21(29)16-3-2-4-17(13-16)22-19(28)14-27-24-20(23-25-27)15-5-7-18(8-6-15)26-9-11-31-12-10-26/h2-8,13H,9-12,14H2,1H3,(H,22,28). The normalized spacial score (nSPS) is 13.6. The highest BCUT2D eigenvalue weighted by Gasteiger charge is 2.14. The van der Waals surface area contributed by atoms with Crippen molar-refractivity contribution in [2.45, 2.75) is 6.54 Å². The smallest absolute Gasteiger partial charge is 0.337 e. The van der Waals surface area contributed by atoms with Gasteiger partial charge in [-0.1, -0.05) is 6.07 Å². The number of tetrazole rings is 1. The van der Waals surface area contributed by atoms with Gasteiger partial charge in [-0.15, -0.1) is 10.2 Å². The number of morpholine rings is 1. The number of anilines is 2. The third-order valence-corrected chi connectivity index (χ3v) is 4.81. The van der Waals surface area contributed by atoms with Gasteiger partial charge in [0.2, 0.25) is 11.7 Å². The largest absolute Gasteiger partial charge is 0.465 e. The Hall–Kier alpha value is -3.79. The lowest BCUT2D eigenvalue weighted by Crippen LogP contribution is -2.36. The van der Waals surface area contributed by atoms with Gasteiger partial charge >= 0.3 is 5.97 Å². The molecular weight excluding hydrogens is 400 g/mol. The Morgan fingerprint density at radius 2 is 1.90 bits per heavy atom. The van der Waals surface area contributed by atoms with Crippen LogP contribution in [-0.2, 0) is 20.8 Å². The van der Waals surface area contributed by atoms with Crippen LogP contribution in [0.15, 0.2) is 48.5 Å². The Morgan fingerprint density at radius 1 is 1.13 bits per heavy atom. The summed E-state index contributed by atoms with van der Waals surface area (Å²) < 4.78 is 10.1. The summed E-state index contributed by atoms with van der Waals surface area (Å²) in [5.74, 6) is -0.374. The van der Waals surface area contributed by atoms with E-state index in [1.165, 1.54) is 11.9 Å². The SMILES string of the molecule is COC(=O)c1cccc(NC(=O)Cn2nnc(-c3ccc(N4CCOCC4)cc3)n2)c1. The summed E-state index contributed by atoms with van der Waals surface area (Å²) in [4.78, 5) is 27.4. The van der Waals surface area contributed by atoms with Crippen LogP contribution in [-0.4, -0.2) is 65.5 Å². The van der Waals surface area contributed by atoms with E-state index in [1.807, 2.05) is 24.3 Å². The first-order valence-electron chi connectivity index (χ1n) is 9.81. The fourth-order valence-corrected chi connectivity index (χ4v) is 3.24. The number of hydrogen-bond acceptors (Lipinski definition) is 8. The van der Waals surface area contributed by atoms with Gasteiger partial charge in [0.15, 0.2) is 0 Å². The summed E-state index contributed by atoms with van der Waals surface area (Å²) in [5, 5.41) is 15.0. The number of carbonyl (C=O) groups excluding carboxylic acids is 2. The number of carbonyl (C=O) groups is 2. The molecule has 1 saturated heterocycles. The van der Waals surface area contributed by atoms with Gasteiger partial charge in [-0.2, -0.15) is 4.80 Å². The molecule has 0 atom stereocenters. The lowest BCUT2D eigenvalue weighted by molar-refractivity contribution is -0.117. The maximum atomic E-state index is 12.3. The Bertz CT molecular complexity index is 1060. The van der Waals surface area contributed by atoms with E-state index < -0.39 is 5.97 Å². The van der Waals surface area contributed by atoms with Crippen LogP contribution in [0.5, 0.6) is 0 Å². The van der Waals surface area contributed by atoms with Crippen molar-refractivity contribution in [2.75, 3.05) is 43.6 Å². The lowest BCUT2D eigenvalue weighted by Gasteiger charge is -2.28. The number of benzene rings is 2. The molecule has 0 aliphatic carbocycles. The molecule has 0 unspecified atom stereocenters. The van der Waals surface area contributed by atoms with E-state index in [9.17, 15) is 9.59 Å². The highest BCUT2D eigenvalue weighted by atomic mass is 16.5. The molecule has 10 heteroatoms. The molecule has 2 aromatic carbocycles. The second-order valence-electron chi connectivity index (χ2n) is 6.91. The Kier molecular flexibility index (Phi) is 6.18. The van der Waals surface area contributed by atoms with Crippen molar-refractivity contribution in [3.05, 3.63) is 54.1 Å². The van der Waals surface area contributed by atoms with E-state index in [0.29, 0.717) is 17.1 Å². The summed E-state index contributed by atoms with van der Waals surface area (Å²) in [5.41, 5.74) is 2.76. The molecule has 1 aliphatic rings. The molecule has 0 radical (unpaired) electrons. The van der Waals surface area contributed by atoms with Gasteiger partial charge in [0.05, 0.1) is 25.9 Å². The van der Waals surface area contributed by atoms with Gasteiger partial charge in [0.25, 0.3) is 0 Å². The minimum absolute atomic E-state index is 0.110. The average Bonchev–Trinajstić information content (AvgIpc) is 3.27. The zero-order valence-electron chi connectivity index (χ0n) is 17.0. The predicted molar refractivity (Wildman–Crippen MR) is 113 cm³/mol. The number of methoxy groups -OCH3 is 1. The second-order valence-corrected chi connectivity index (χ2v) is 6.91. The fraction of sp³-hybridized carbons (Fsp3) is 0.286. The summed E-state index contributed by atoms with van der Waals surface area (Å²) in [6.07, 6.45) is 0. The zero-order chi connectivity index (χ0) is 21.6. The molecule has 2 heterocycles. The second kappa shape index (κ2) is 9.35. The molecule has 0 spiro atoms. The van der Waals surface area contributed by atoms with Crippen LogP contribution in [0, 0.1) is 0 Å². The van der Waals surface area contributed by atoms with E-state index in [4.69, 9.17) is 4.74 Å². The molecule has 31 heavy (non-hydrogen) atoms. The van der Waals surface area contributed by atoms with Crippen molar-refractivity contribution in [1.82, 2.24) is 20.2 Å². The van der Waals surface area contributed by atoms with Gasteiger partial charge in [-0.25, -0.2) is 4.79 Å². The third kappa shape index (κ3) is 5.04. The summed E-state index contributed by atoms with van der Waals surface area (Å²) in [6, 6.07) is 14.4. The van der Waals surface area contributed by atoms with Gasteiger partial charge in [-0.3, -0.25) is 4.79 Å². The summed E-state index contributed by atoms with van der Waals surface area (Å²) in [6.45, 7) is 3.08. The van der Waals surface area contributed by atoms with Gasteiger partial charge < -0.3 is 19.7 Å². The first-order valence-corrected chi connectivity index (χ1v) is 9.81. The zero-order valence-corrected chi connectivity index (χ0v) is 17.0. The molecule has 10 nitrogen and oxygen atoms in total. The molecule has 1 aliphatic heterocycles. The summed E-state index contributed by atoms with van der Waals surface area (Å²) >= 11 is 0. The van der Waals surface area contributed by atoms with Crippen molar-refractivity contribution in [1.29, 1.82) is 0 Å². The van der Waals surface area contributed by atoms with Gasteiger partial charge in [0.1, 0.15) is 6.54 Å². The molecule has 0 saturated carbocycles. The fourth-order valence-electron chi connectivity index (χ4n) is 3.24. The molecule has 1 amide bonds. The number of esters is 1. The van der Waals surface area contributed by atoms with E-state index in [2.05, 4.69) is 30.4 Å². The van der Waals surface area contributed by atoms with Crippen molar-refractivity contribution < 1.29 is 19.1 Å². The third-order valence-electron chi connectivity index (χ3n) is 4.81. The van der Waals surface area contributed by atoms with E-state index in [-0.39, 0.29) is 12.5 Å². The number of ether oxygens (including phenoxy) is 2. The molecule has 1 fully saturated rings. The molecule has 3 aromatic rings. The number of nitrogens with zero attached hydrogens (tertiary/aromatic N) is 5. The number of rotatable bonds is 6. The molecule has 0 bridgehead atoms. The van der Waals surface area contributed by atoms with Crippen molar-refractivity contribution in [2.24, 2.45) is 0 Å². The quantitative estimate of drug-likeness (QED) is 0.597. The predicted octanol–water partition coefficient (Wildman–Crippen LogP) is 1.60. The molecule has 160 valence electrons. The lowest BCUT2D eigenvalue weighted by atomic mass is 10.2. The van der Waals surface area contributed by atoms with Crippen LogP contribution >= 0.6 is 0 Å². The Morgan fingerprint density at radius 3 is 2.65 bits per heavy atom. The van der Waals surface area contributed by atoms with Crippen molar-refractivity contribution in [3.63, 3.8) is 0 Å². The molecule has 4 rings (SSSR count). The minimum Gasteiger partial charge on any atom is -0.465 e.